The van der Waals surface area contributed by atoms with Gasteiger partial charge in [-0.15, -0.1) is 5.10 Å². The molecule has 6 heteroatoms. The third-order valence-electron chi connectivity index (χ3n) is 3.63. The Morgan fingerprint density at radius 3 is 3.00 bits per heavy atom. The maximum absolute atomic E-state index is 11.7. The zero-order chi connectivity index (χ0) is 14.1. The molecule has 20 heavy (non-hydrogen) atoms. The fourth-order valence-corrected chi connectivity index (χ4v) is 2.61. The van der Waals surface area contributed by atoms with Crippen LogP contribution in [0.1, 0.15) is 34.1 Å². The van der Waals surface area contributed by atoms with Gasteiger partial charge in [0.15, 0.2) is 5.82 Å². The van der Waals surface area contributed by atoms with Gasteiger partial charge in [0.2, 0.25) is 5.69 Å². The summed E-state index contributed by atoms with van der Waals surface area (Å²) in [5.74, 6) is 0.167. The predicted molar refractivity (Wildman–Crippen MR) is 73.8 cm³/mol. The number of carbonyl (C=O) groups excluding carboxylic acids is 1. The van der Waals surface area contributed by atoms with Gasteiger partial charge in [-0.25, -0.2) is 9.48 Å². The maximum Gasteiger partial charge on any atom is 0.362 e. The molecule has 0 spiro atoms. The highest BCUT2D eigenvalue weighted by Crippen LogP contribution is 2.31. The van der Waals surface area contributed by atoms with Crippen molar-refractivity contribution in [2.75, 3.05) is 19.0 Å². The molecule has 104 valence electrons. The molecule has 1 atom stereocenters. The summed E-state index contributed by atoms with van der Waals surface area (Å²) in [5.41, 5.74) is 2.66. The largest absolute Gasteiger partial charge is 0.464 e. The molecule has 0 saturated heterocycles. The van der Waals surface area contributed by atoms with Gasteiger partial charge >= 0.3 is 5.97 Å². The van der Waals surface area contributed by atoms with Gasteiger partial charge in [0, 0.05) is 6.54 Å². The van der Waals surface area contributed by atoms with E-state index < -0.39 is 5.97 Å². The Hall–Kier alpha value is -2.37. The standard InChI is InChI=1S/C14H16N4O2/c1-9-5-3-4-6-10(9)11-7-8-15-13-12(14(19)20-2)16-17-18(11)13/h3-6,11,15H,7-8H2,1-2H3. The van der Waals surface area contributed by atoms with Crippen LogP contribution < -0.4 is 5.32 Å². The zero-order valence-corrected chi connectivity index (χ0v) is 11.5. The molecule has 1 unspecified atom stereocenters. The lowest BCUT2D eigenvalue weighted by molar-refractivity contribution is 0.0595. The minimum absolute atomic E-state index is 0.0957. The SMILES string of the molecule is COC(=O)c1nnn2c1NCCC2c1ccccc1C. The Bertz CT molecular complexity index is 650. The third kappa shape index (κ3) is 1.93. The van der Waals surface area contributed by atoms with Crippen LogP contribution in [-0.2, 0) is 4.74 Å². The van der Waals surface area contributed by atoms with E-state index in [2.05, 4.69) is 34.7 Å². The summed E-state index contributed by atoms with van der Waals surface area (Å²) >= 11 is 0. The van der Waals surface area contributed by atoms with Crippen molar-refractivity contribution in [1.29, 1.82) is 0 Å². The molecule has 0 fully saturated rings. The first-order chi connectivity index (χ1) is 9.72. The van der Waals surface area contributed by atoms with Crippen LogP contribution in [0.25, 0.3) is 0 Å². The molecule has 3 rings (SSSR count). The lowest BCUT2D eigenvalue weighted by Gasteiger charge is -2.26. The van der Waals surface area contributed by atoms with Crippen molar-refractivity contribution in [2.24, 2.45) is 0 Å². The van der Waals surface area contributed by atoms with E-state index in [-0.39, 0.29) is 11.7 Å². The van der Waals surface area contributed by atoms with E-state index in [9.17, 15) is 4.79 Å². The van der Waals surface area contributed by atoms with Crippen molar-refractivity contribution in [3.05, 3.63) is 41.1 Å². The average Bonchev–Trinajstić information content (AvgIpc) is 2.91. The van der Waals surface area contributed by atoms with Gasteiger partial charge in [0.05, 0.1) is 13.2 Å². The van der Waals surface area contributed by atoms with Gasteiger partial charge < -0.3 is 10.1 Å². The number of ether oxygens (including phenoxy) is 1. The summed E-state index contributed by atoms with van der Waals surface area (Å²) in [7, 11) is 1.34. The second-order valence-corrected chi connectivity index (χ2v) is 4.81. The molecule has 6 nitrogen and oxygen atoms in total. The number of nitrogens with one attached hydrogen (secondary N) is 1. The van der Waals surface area contributed by atoms with E-state index >= 15 is 0 Å². The van der Waals surface area contributed by atoms with Gasteiger partial charge in [-0.2, -0.15) is 0 Å². The van der Waals surface area contributed by atoms with Crippen LogP contribution in [0.15, 0.2) is 24.3 Å². The van der Waals surface area contributed by atoms with Crippen LogP contribution in [0, 0.1) is 6.92 Å². The summed E-state index contributed by atoms with van der Waals surface area (Å²) in [4.78, 5) is 11.7. The lowest BCUT2D eigenvalue weighted by Crippen LogP contribution is -2.25. The van der Waals surface area contributed by atoms with Crippen molar-refractivity contribution in [1.82, 2.24) is 15.0 Å². The summed E-state index contributed by atoms with van der Waals surface area (Å²) < 4.78 is 6.51. The molecule has 0 amide bonds. The van der Waals surface area contributed by atoms with Crippen LogP contribution in [0.3, 0.4) is 0 Å². The number of aryl methyl sites for hydroxylation is 1. The lowest BCUT2D eigenvalue weighted by atomic mass is 9.98. The summed E-state index contributed by atoms with van der Waals surface area (Å²) in [6, 6.07) is 8.30. The highest BCUT2D eigenvalue weighted by Gasteiger charge is 2.29. The average molecular weight is 272 g/mol. The van der Waals surface area contributed by atoms with Crippen molar-refractivity contribution >= 4 is 11.8 Å². The first-order valence-corrected chi connectivity index (χ1v) is 6.55. The molecule has 2 heterocycles. The summed E-state index contributed by atoms with van der Waals surface area (Å²) in [6.45, 7) is 2.85. The normalized spacial score (nSPS) is 17.2. The number of rotatable bonds is 2. The molecule has 1 aliphatic heterocycles. The molecular weight excluding hydrogens is 256 g/mol. The fourth-order valence-electron chi connectivity index (χ4n) is 2.61. The number of carbonyl (C=O) groups is 1. The van der Waals surface area contributed by atoms with E-state index in [4.69, 9.17) is 4.74 Å². The Morgan fingerprint density at radius 2 is 2.25 bits per heavy atom. The number of fused-ring (bicyclic) bond motifs is 1. The Balaban J connectivity index is 2.06. The number of esters is 1. The Morgan fingerprint density at radius 1 is 1.45 bits per heavy atom. The smallest absolute Gasteiger partial charge is 0.362 e. The Kier molecular flexibility index (Phi) is 3.14. The molecule has 1 aromatic heterocycles. The van der Waals surface area contributed by atoms with E-state index in [1.807, 2.05) is 12.1 Å². The van der Waals surface area contributed by atoms with Crippen LogP contribution in [0.2, 0.25) is 0 Å². The summed E-state index contributed by atoms with van der Waals surface area (Å²) in [5, 5.41) is 11.3. The number of nitrogens with zero attached hydrogens (tertiary/aromatic N) is 3. The first kappa shape index (κ1) is 12.7. The molecule has 0 saturated carbocycles. The molecule has 1 aliphatic rings. The van der Waals surface area contributed by atoms with Crippen molar-refractivity contribution in [2.45, 2.75) is 19.4 Å². The molecule has 1 aromatic carbocycles. The van der Waals surface area contributed by atoms with E-state index in [0.717, 1.165) is 13.0 Å². The monoisotopic (exact) mass is 272 g/mol. The van der Waals surface area contributed by atoms with Crippen LogP contribution in [0.4, 0.5) is 5.82 Å². The van der Waals surface area contributed by atoms with E-state index in [1.165, 1.54) is 18.2 Å². The van der Waals surface area contributed by atoms with Crippen molar-refractivity contribution in [3.8, 4) is 0 Å². The number of hydrogen-bond donors (Lipinski definition) is 1. The van der Waals surface area contributed by atoms with E-state index in [0.29, 0.717) is 5.82 Å². The van der Waals surface area contributed by atoms with Gasteiger partial charge in [0.25, 0.3) is 0 Å². The van der Waals surface area contributed by atoms with Gasteiger partial charge in [-0.3, -0.25) is 0 Å². The van der Waals surface area contributed by atoms with Crippen LogP contribution in [-0.4, -0.2) is 34.6 Å². The predicted octanol–water partition coefficient (Wildman–Crippen LogP) is 1.78. The van der Waals surface area contributed by atoms with E-state index in [1.54, 1.807) is 4.68 Å². The quantitative estimate of drug-likeness (QED) is 0.844. The molecule has 1 N–H and O–H groups in total. The molecular formula is C14H16N4O2. The number of anilines is 1. The van der Waals surface area contributed by atoms with Crippen LogP contribution >= 0.6 is 0 Å². The van der Waals surface area contributed by atoms with Crippen LogP contribution in [0.5, 0.6) is 0 Å². The highest BCUT2D eigenvalue weighted by atomic mass is 16.5. The first-order valence-electron chi connectivity index (χ1n) is 6.55. The number of benzene rings is 1. The fraction of sp³-hybridized carbons (Fsp3) is 0.357. The van der Waals surface area contributed by atoms with Gasteiger partial charge in [-0.1, -0.05) is 29.5 Å². The number of hydrogen-bond acceptors (Lipinski definition) is 5. The zero-order valence-electron chi connectivity index (χ0n) is 11.5. The molecule has 0 aliphatic carbocycles. The second-order valence-electron chi connectivity index (χ2n) is 4.81. The Labute approximate surface area is 116 Å². The minimum Gasteiger partial charge on any atom is -0.464 e. The van der Waals surface area contributed by atoms with Gasteiger partial charge in [0.1, 0.15) is 0 Å². The number of methoxy groups -OCH3 is 1. The van der Waals surface area contributed by atoms with Gasteiger partial charge in [-0.05, 0) is 24.5 Å². The molecule has 0 bridgehead atoms. The molecule has 2 aromatic rings. The van der Waals surface area contributed by atoms with Crippen molar-refractivity contribution < 1.29 is 9.53 Å². The second kappa shape index (κ2) is 4.96. The highest BCUT2D eigenvalue weighted by molar-refractivity contribution is 5.92. The summed E-state index contributed by atoms with van der Waals surface area (Å²) in [6.07, 6.45) is 0.905. The number of aromatic nitrogens is 3. The van der Waals surface area contributed by atoms with Crippen molar-refractivity contribution in [3.63, 3.8) is 0 Å². The minimum atomic E-state index is -0.468. The molecule has 0 radical (unpaired) electrons. The maximum atomic E-state index is 11.7. The topological polar surface area (TPSA) is 69.0 Å². The third-order valence-corrected chi connectivity index (χ3v) is 3.63.